The maximum Gasteiger partial charge on any atom is 0.306 e. The van der Waals surface area contributed by atoms with Crippen LogP contribution >= 0.6 is 0 Å². The van der Waals surface area contributed by atoms with Gasteiger partial charge in [-0.05, 0) is 39.1 Å². The molecule has 2 aromatic carbocycles. The summed E-state index contributed by atoms with van der Waals surface area (Å²) in [6.45, 7) is 5.54. The number of oxazole rings is 2. The Labute approximate surface area is 279 Å². The lowest BCUT2D eigenvalue weighted by Gasteiger charge is -2.19. The predicted molar refractivity (Wildman–Crippen MR) is 184 cm³/mol. The van der Waals surface area contributed by atoms with E-state index in [1.807, 2.05) is 100 Å². The molecule has 12 nitrogen and oxygen atoms in total. The number of ether oxygens (including phenoxy) is 2. The van der Waals surface area contributed by atoms with Crippen molar-refractivity contribution in [1.82, 2.24) is 28.6 Å². The lowest BCUT2D eigenvalue weighted by atomic mass is 10.0. The molecular formula is C36H42N6O6. The van der Waals surface area contributed by atoms with Gasteiger partial charge >= 0.3 is 11.7 Å². The first-order chi connectivity index (χ1) is 23.0. The van der Waals surface area contributed by atoms with Gasteiger partial charge in [-0.1, -0.05) is 48.5 Å². The van der Waals surface area contributed by atoms with Crippen LogP contribution in [0.5, 0.6) is 0 Å². The number of fused-ring (bicyclic) bond motifs is 2. The summed E-state index contributed by atoms with van der Waals surface area (Å²) in [7, 11) is 10.7. The summed E-state index contributed by atoms with van der Waals surface area (Å²) in [5, 5.41) is 0. The molecule has 12 heteroatoms. The zero-order valence-corrected chi connectivity index (χ0v) is 28.8. The second kappa shape index (κ2) is 16.0. The molecule has 0 unspecified atom stereocenters. The van der Waals surface area contributed by atoms with Gasteiger partial charge < -0.3 is 23.2 Å². The predicted octanol–water partition coefficient (Wildman–Crippen LogP) is 6.39. The number of hydrogen-bond acceptors (Lipinski definition) is 10. The summed E-state index contributed by atoms with van der Waals surface area (Å²) < 4.78 is 23.7. The highest BCUT2D eigenvalue weighted by Gasteiger charge is 2.22. The van der Waals surface area contributed by atoms with Gasteiger partial charge in [0.2, 0.25) is 12.2 Å². The van der Waals surface area contributed by atoms with Gasteiger partial charge in [0.1, 0.15) is 35.3 Å². The van der Waals surface area contributed by atoms with Crippen LogP contribution < -0.4 is 0 Å². The first-order valence-corrected chi connectivity index (χ1v) is 15.1. The van der Waals surface area contributed by atoms with Gasteiger partial charge in [0.25, 0.3) is 0 Å². The number of nitrogens with zero attached hydrogens (tertiary/aromatic N) is 6. The molecule has 0 spiro atoms. The Kier molecular flexibility index (Phi) is 11.9. The molecule has 0 N–H and O–H groups in total. The highest BCUT2D eigenvalue weighted by atomic mass is 16.7. The Morgan fingerprint density at radius 3 is 1.62 bits per heavy atom. The van der Waals surface area contributed by atoms with Crippen LogP contribution in [0.25, 0.3) is 34.2 Å². The Balaban J connectivity index is 0.000000180. The van der Waals surface area contributed by atoms with E-state index in [0.717, 1.165) is 22.3 Å². The molecular weight excluding hydrogens is 612 g/mol. The first kappa shape index (κ1) is 35.6. The van der Waals surface area contributed by atoms with Crippen molar-refractivity contribution in [3.63, 3.8) is 0 Å². The minimum atomic E-state index is -0.213. The monoisotopic (exact) mass is 654 g/mol. The van der Waals surface area contributed by atoms with Crippen LogP contribution in [0.4, 0.5) is 0 Å². The van der Waals surface area contributed by atoms with Crippen LogP contribution in [0.3, 0.4) is 0 Å². The van der Waals surface area contributed by atoms with Crippen LogP contribution in [0, 0.1) is 13.8 Å². The Bertz CT molecular complexity index is 2010. The third-order valence-corrected chi connectivity index (χ3v) is 7.24. The molecule has 0 saturated carbocycles. The third kappa shape index (κ3) is 7.97. The van der Waals surface area contributed by atoms with Crippen molar-refractivity contribution in [2.45, 2.75) is 27.2 Å². The van der Waals surface area contributed by atoms with Crippen molar-refractivity contribution < 1.29 is 27.9 Å². The van der Waals surface area contributed by atoms with Crippen molar-refractivity contribution in [3.8, 4) is 22.5 Å². The number of allylic oxidation sites excluding steroid dienone is 1. The number of methoxy groups -OCH3 is 2. The summed E-state index contributed by atoms with van der Waals surface area (Å²) in [6, 6.07) is 15.7. The van der Waals surface area contributed by atoms with Gasteiger partial charge in [-0.25, -0.2) is 0 Å². The van der Waals surface area contributed by atoms with Crippen LogP contribution in [-0.4, -0.2) is 89.0 Å². The molecule has 0 amide bonds. The highest BCUT2D eigenvalue weighted by Crippen LogP contribution is 2.29. The van der Waals surface area contributed by atoms with Crippen molar-refractivity contribution in [3.05, 3.63) is 108 Å². The maximum absolute atomic E-state index is 12.6. The van der Waals surface area contributed by atoms with Gasteiger partial charge in [-0.15, -0.1) is 0 Å². The number of Topliss-reactive ketones (excluding diaryl/α,β-unsaturated/α-hetero) is 1. The Morgan fingerprint density at radius 2 is 1.23 bits per heavy atom. The number of rotatable bonds is 9. The fourth-order valence-corrected chi connectivity index (χ4v) is 5.01. The lowest BCUT2D eigenvalue weighted by molar-refractivity contribution is -0.179. The summed E-state index contributed by atoms with van der Waals surface area (Å²) in [5.41, 5.74) is 6.44. The number of benzene rings is 2. The maximum atomic E-state index is 12.6. The molecule has 4 heterocycles. The van der Waals surface area contributed by atoms with E-state index >= 15 is 0 Å². The quantitative estimate of drug-likeness (QED) is 0.0985. The number of hydrogen-bond donors (Lipinski definition) is 0. The highest BCUT2D eigenvalue weighted by molar-refractivity contribution is 6.08. The fourth-order valence-electron chi connectivity index (χ4n) is 5.01. The molecule has 0 saturated heterocycles. The summed E-state index contributed by atoms with van der Waals surface area (Å²) in [6.07, 6.45) is 9.52. The zero-order valence-electron chi connectivity index (χ0n) is 28.8. The number of imidazole rings is 2. The smallest absolute Gasteiger partial charge is 0.306 e. The molecule has 0 aliphatic rings. The molecule has 4 aromatic heterocycles. The van der Waals surface area contributed by atoms with Gasteiger partial charge in [0, 0.05) is 71.0 Å². The molecule has 0 aliphatic heterocycles. The number of carbonyl (C=O) groups is 2. The van der Waals surface area contributed by atoms with E-state index in [1.165, 1.54) is 25.5 Å². The van der Waals surface area contributed by atoms with Crippen molar-refractivity contribution >= 4 is 23.3 Å². The average molecular weight is 655 g/mol. The Morgan fingerprint density at radius 1 is 0.771 bits per heavy atom. The van der Waals surface area contributed by atoms with E-state index in [9.17, 15) is 9.59 Å². The number of aromatic nitrogens is 4. The normalized spacial score (nSPS) is 11.2. The molecule has 6 aromatic rings. The van der Waals surface area contributed by atoms with E-state index in [-0.39, 0.29) is 18.0 Å². The fraction of sp³-hybridized carbons (Fsp3) is 0.278. The molecule has 0 radical (unpaired) electrons. The van der Waals surface area contributed by atoms with E-state index in [2.05, 4.69) is 9.97 Å². The Hall–Kier alpha value is -5.30. The van der Waals surface area contributed by atoms with Crippen molar-refractivity contribution in [1.29, 1.82) is 0 Å². The average Bonchev–Trinajstić information content (AvgIpc) is 3.83. The molecule has 48 heavy (non-hydrogen) atoms. The van der Waals surface area contributed by atoms with Gasteiger partial charge in [-0.2, -0.15) is 9.97 Å². The second-order valence-electron chi connectivity index (χ2n) is 11.3. The molecule has 0 bridgehead atoms. The SMILES string of the molecule is CC(=O)c1c(-c2ccccc2C)nc2occn12.COC(OC)N(C)C.Cc1ccccc1-c1nc2occn2c1C(=O)C=CN(C)C. The number of carbonyl (C=O) groups excluding carboxylic acids is 2. The van der Waals surface area contributed by atoms with E-state index in [1.54, 1.807) is 41.6 Å². The van der Waals surface area contributed by atoms with E-state index < -0.39 is 0 Å². The molecule has 6 rings (SSSR count). The van der Waals surface area contributed by atoms with Crippen molar-refractivity contribution in [2.24, 2.45) is 0 Å². The second-order valence-corrected chi connectivity index (χ2v) is 11.3. The summed E-state index contributed by atoms with van der Waals surface area (Å²) in [4.78, 5) is 37.0. The summed E-state index contributed by atoms with van der Waals surface area (Å²) in [5.74, 6) is 0.723. The number of ketones is 2. The zero-order chi connectivity index (χ0) is 35.0. The summed E-state index contributed by atoms with van der Waals surface area (Å²) >= 11 is 0. The molecule has 0 fully saturated rings. The van der Waals surface area contributed by atoms with Crippen LogP contribution in [0.1, 0.15) is 39.0 Å². The first-order valence-electron chi connectivity index (χ1n) is 15.1. The largest absolute Gasteiger partial charge is 0.432 e. The van der Waals surface area contributed by atoms with Crippen molar-refractivity contribution in [2.75, 3.05) is 42.4 Å². The van der Waals surface area contributed by atoms with Crippen LogP contribution in [0.15, 0.2) is 94.6 Å². The van der Waals surface area contributed by atoms with E-state index in [0.29, 0.717) is 34.5 Å². The van der Waals surface area contributed by atoms with Crippen LogP contribution in [-0.2, 0) is 9.47 Å². The minimum absolute atomic E-state index is 0.0258. The van der Waals surface area contributed by atoms with E-state index in [4.69, 9.17) is 18.3 Å². The molecule has 0 atom stereocenters. The van der Waals surface area contributed by atoms with Gasteiger partial charge in [-0.3, -0.25) is 23.3 Å². The molecule has 0 aliphatic carbocycles. The minimum Gasteiger partial charge on any atom is -0.432 e. The van der Waals surface area contributed by atoms with Gasteiger partial charge in [0.15, 0.2) is 5.78 Å². The number of aryl methyl sites for hydroxylation is 2. The van der Waals surface area contributed by atoms with Gasteiger partial charge in [0.05, 0.1) is 0 Å². The topological polar surface area (TPSA) is 120 Å². The lowest BCUT2D eigenvalue weighted by Crippen LogP contribution is -2.30. The molecule has 252 valence electrons. The third-order valence-electron chi connectivity index (χ3n) is 7.24. The van der Waals surface area contributed by atoms with Crippen LogP contribution in [0.2, 0.25) is 0 Å². The standard InChI is InChI=1S/C17H17N3O2.C14H12N2O2.C5H13NO2/c1-12-6-4-5-7-13(12)15-16(14(21)8-9-19(2)3)20-10-11-22-17(20)18-15;1-9-5-3-4-6-11(9)12-13(10(2)17)16-7-8-18-14(16)15-12;1-6(2)5(7-3)8-4/h4-11H,1-3H3;3-8H,1-2H3;5H,1-4H3.